The first-order chi connectivity index (χ1) is 33.0. The second-order valence-electron chi connectivity index (χ2n) is 21.7. The normalized spacial score (nSPS) is 14.0. The standard InChI is InChI=1S/C59H117N2O6P/c1-6-8-10-12-14-15-16-17-18-19-20-21-22-23-24-25-26-27-28-29-30-31-32-33-34-35-36-37-38-39-40-41-42-43-44-45-47-49-51-53-59(63)60-57(58(62)52-50-48-46-13-11-9-7-2)56-67-68(64,65)66-55-54-61(3,4)5/h16-17,19-20,57-58,62H,6-15,18,21-56H2,1-5H3,(H-,60,63,64,65)/b17-16-,20-19-. The average molecular weight is 982 g/mol. The van der Waals surface area contributed by atoms with Crippen LogP contribution in [0.5, 0.6) is 0 Å². The predicted octanol–water partition coefficient (Wildman–Crippen LogP) is 17.4. The number of quaternary nitrogens is 1. The van der Waals surface area contributed by atoms with Gasteiger partial charge in [-0.25, -0.2) is 0 Å². The zero-order chi connectivity index (χ0) is 49.9. The number of carbonyl (C=O) groups is 1. The van der Waals surface area contributed by atoms with Crippen molar-refractivity contribution in [3.8, 4) is 0 Å². The molecule has 404 valence electrons. The average Bonchev–Trinajstić information content (AvgIpc) is 3.30. The van der Waals surface area contributed by atoms with Crippen molar-refractivity contribution in [3.05, 3.63) is 24.3 Å². The lowest BCUT2D eigenvalue weighted by Crippen LogP contribution is -2.46. The minimum atomic E-state index is -4.55. The summed E-state index contributed by atoms with van der Waals surface area (Å²) in [6, 6.07) is -0.794. The molecule has 8 nitrogen and oxygen atoms in total. The number of rotatable bonds is 55. The summed E-state index contributed by atoms with van der Waals surface area (Å²) in [7, 11) is 1.31. The molecule has 2 N–H and O–H groups in total. The maximum Gasteiger partial charge on any atom is 0.268 e. The maximum absolute atomic E-state index is 12.9. The number of allylic oxidation sites excluding steroid dienone is 4. The molecular weight excluding hydrogens is 864 g/mol. The molecule has 0 spiro atoms. The number of phosphoric ester groups is 1. The first-order valence-corrected chi connectivity index (χ1v) is 31.1. The molecule has 3 atom stereocenters. The number of aliphatic hydroxyl groups is 1. The number of likely N-dealkylation sites (N-methyl/N-ethyl adjacent to an activating group) is 1. The van der Waals surface area contributed by atoms with Gasteiger partial charge in [0.2, 0.25) is 5.91 Å². The number of unbranched alkanes of at least 4 members (excludes halogenated alkanes) is 38. The van der Waals surface area contributed by atoms with E-state index in [0.717, 1.165) is 44.9 Å². The quantitative estimate of drug-likeness (QED) is 0.0272. The van der Waals surface area contributed by atoms with Gasteiger partial charge in [0.05, 0.1) is 39.9 Å². The van der Waals surface area contributed by atoms with Crippen LogP contribution in [0.15, 0.2) is 24.3 Å². The monoisotopic (exact) mass is 981 g/mol. The smallest absolute Gasteiger partial charge is 0.268 e. The van der Waals surface area contributed by atoms with E-state index in [1.165, 1.54) is 225 Å². The van der Waals surface area contributed by atoms with Gasteiger partial charge in [-0.3, -0.25) is 9.36 Å². The third-order valence-corrected chi connectivity index (χ3v) is 14.7. The van der Waals surface area contributed by atoms with E-state index in [4.69, 9.17) is 9.05 Å². The lowest BCUT2D eigenvalue weighted by Gasteiger charge is -2.30. The van der Waals surface area contributed by atoms with Gasteiger partial charge in [-0.1, -0.05) is 269 Å². The molecule has 0 aromatic carbocycles. The summed E-state index contributed by atoms with van der Waals surface area (Å²) in [5, 5.41) is 13.8. The number of phosphoric acid groups is 1. The molecule has 1 amide bonds. The van der Waals surface area contributed by atoms with Gasteiger partial charge in [0.15, 0.2) is 0 Å². The van der Waals surface area contributed by atoms with Crippen LogP contribution in [0.1, 0.15) is 296 Å². The summed E-state index contributed by atoms with van der Waals surface area (Å²) in [6.07, 6.45) is 64.2. The van der Waals surface area contributed by atoms with Crippen LogP contribution in [-0.2, 0) is 18.4 Å². The molecule has 0 aromatic rings. The van der Waals surface area contributed by atoms with Crippen molar-refractivity contribution in [1.29, 1.82) is 0 Å². The van der Waals surface area contributed by atoms with Crippen molar-refractivity contribution in [2.75, 3.05) is 40.9 Å². The number of nitrogens with zero attached hydrogens (tertiary/aromatic N) is 1. The Morgan fingerprint density at radius 1 is 0.515 bits per heavy atom. The highest BCUT2D eigenvalue weighted by Crippen LogP contribution is 2.38. The Labute approximate surface area is 424 Å². The number of amides is 1. The fraction of sp³-hybridized carbons (Fsp3) is 0.915. The van der Waals surface area contributed by atoms with Crippen molar-refractivity contribution in [3.63, 3.8) is 0 Å². The summed E-state index contributed by atoms with van der Waals surface area (Å²) in [6.45, 7) is 4.68. The van der Waals surface area contributed by atoms with E-state index in [2.05, 4.69) is 43.5 Å². The SMILES string of the molecule is CCCCCCC/C=C\C/C=C\CCCCCCCCCCCCCCCCCCCCCCCCCCCCCC(=O)NC(COP(=O)([O-])OCC[N+](C)(C)C)C(O)CCCCCCCCC. The first kappa shape index (κ1) is 67.0. The van der Waals surface area contributed by atoms with Crippen LogP contribution in [0.3, 0.4) is 0 Å². The van der Waals surface area contributed by atoms with Crippen molar-refractivity contribution in [2.45, 2.75) is 309 Å². The molecule has 3 unspecified atom stereocenters. The summed E-state index contributed by atoms with van der Waals surface area (Å²) in [4.78, 5) is 25.3. The molecule has 0 aliphatic carbocycles. The molecular formula is C59H117N2O6P. The summed E-state index contributed by atoms with van der Waals surface area (Å²) >= 11 is 0. The molecule has 0 bridgehead atoms. The number of hydrogen-bond acceptors (Lipinski definition) is 6. The Hall–Kier alpha value is -1.02. The van der Waals surface area contributed by atoms with E-state index >= 15 is 0 Å². The lowest BCUT2D eigenvalue weighted by molar-refractivity contribution is -0.870. The van der Waals surface area contributed by atoms with Gasteiger partial charge >= 0.3 is 0 Å². The molecule has 0 aliphatic rings. The summed E-state index contributed by atoms with van der Waals surface area (Å²) < 4.78 is 23.2. The molecule has 9 heteroatoms. The van der Waals surface area contributed by atoms with E-state index in [-0.39, 0.29) is 19.1 Å². The van der Waals surface area contributed by atoms with Gasteiger partial charge in [0, 0.05) is 6.42 Å². The van der Waals surface area contributed by atoms with Crippen LogP contribution >= 0.6 is 7.82 Å². The molecule has 0 rings (SSSR count). The van der Waals surface area contributed by atoms with Gasteiger partial charge < -0.3 is 28.8 Å². The second-order valence-corrected chi connectivity index (χ2v) is 23.1. The topological polar surface area (TPSA) is 108 Å². The van der Waals surface area contributed by atoms with Crippen LogP contribution in [0.25, 0.3) is 0 Å². The molecule has 0 saturated heterocycles. The van der Waals surface area contributed by atoms with E-state index < -0.39 is 20.0 Å². The highest BCUT2D eigenvalue weighted by molar-refractivity contribution is 7.45. The molecule has 0 aliphatic heterocycles. The fourth-order valence-corrected chi connectivity index (χ4v) is 9.74. The van der Waals surface area contributed by atoms with Gasteiger partial charge in [0.1, 0.15) is 13.2 Å². The van der Waals surface area contributed by atoms with E-state index in [9.17, 15) is 19.4 Å². The zero-order valence-electron chi connectivity index (χ0n) is 46.1. The van der Waals surface area contributed by atoms with Crippen molar-refractivity contribution in [1.82, 2.24) is 5.32 Å². The minimum Gasteiger partial charge on any atom is -0.756 e. The Morgan fingerprint density at radius 3 is 1.22 bits per heavy atom. The lowest BCUT2D eigenvalue weighted by atomic mass is 10.0. The van der Waals surface area contributed by atoms with E-state index in [1.807, 2.05) is 21.1 Å². The molecule has 0 aromatic heterocycles. The summed E-state index contributed by atoms with van der Waals surface area (Å²) in [5.41, 5.74) is 0. The Balaban J connectivity index is 3.70. The van der Waals surface area contributed by atoms with Crippen molar-refractivity contribution >= 4 is 13.7 Å². The number of aliphatic hydroxyl groups excluding tert-OH is 1. The third-order valence-electron chi connectivity index (χ3n) is 13.7. The Kier molecular flexibility index (Phi) is 50.1. The van der Waals surface area contributed by atoms with Gasteiger partial charge in [-0.15, -0.1) is 0 Å². The Bertz CT molecular complexity index is 1160. The summed E-state index contributed by atoms with van der Waals surface area (Å²) in [5.74, 6) is -0.163. The zero-order valence-corrected chi connectivity index (χ0v) is 47.0. The predicted molar refractivity (Wildman–Crippen MR) is 293 cm³/mol. The highest BCUT2D eigenvalue weighted by Gasteiger charge is 2.24. The molecule has 0 radical (unpaired) electrons. The van der Waals surface area contributed by atoms with Crippen LogP contribution in [0.4, 0.5) is 0 Å². The maximum atomic E-state index is 12.9. The van der Waals surface area contributed by atoms with Gasteiger partial charge in [-0.2, -0.15) is 0 Å². The molecule has 0 heterocycles. The second kappa shape index (κ2) is 50.9. The van der Waals surface area contributed by atoms with Gasteiger partial charge in [0.25, 0.3) is 7.82 Å². The molecule has 0 fully saturated rings. The van der Waals surface area contributed by atoms with Crippen molar-refractivity contribution in [2.24, 2.45) is 0 Å². The molecule has 68 heavy (non-hydrogen) atoms. The third kappa shape index (κ3) is 52.8. The van der Waals surface area contributed by atoms with Crippen LogP contribution in [0.2, 0.25) is 0 Å². The van der Waals surface area contributed by atoms with Crippen molar-refractivity contribution < 1.29 is 32.9 Å². The number of nitrogens with one attached hydrogen (secondary N) is 1. The van der Waals surface area contributed by atoms with Crippen LogP contribution in [-0.4, -0.2) is 68.5 Å². The van der Waals surface area contributed by atoms with Crippen LogP contribution < -0.4 is 10.2 Å². The Morgan fingerprint density at radius 2 is 0.853 bits per heavy atom. The molecule has 0 saturated carbocycles. The number of carbonyl (C=O) groups excluding carboxylic acids is 1. The van der Waals surface area contributed by atoms with E-state index in [1.54, 1.807) is 0 Å². The fourth-order valence-electron chi connectivity index (χ4n) is 9.01. The van der Waals surface area contributed by atoms with Gasteiger partial charge in [-0.05, 0) is 44.9 Å². The highest BCUT2D eigenvalue weighted by atomic mass is 31.2. The van der Waals surface area contributed by atoms with Crippen LogP contribution in [0, 0.1) is 0 Å². The van der Waals surface area contributed by atoms with E-state index in [0.29, 0.717) is 23.9 Å². The minimum absolute atomic E-state index is 0.0143. The first-order valence-electron chi connectivity index (χ1n) is 29.7. The number of hydrogen-bond donors (Lipinski definition) is 2. The largest absolute Gasteiger partial charge is 0.756 e.